The van der Waals surface area contributed by atoms with Crippen LogP contribution < -0.4 is 4.90 Å². The lowest BCUT2D eigenvalue weighted by Gasteiger charge is -2.30. The number of rotatable bonds is 21. The van der Waals surface area contributed by atoms with Gasteiger partial charge in [-0.1, -0.05) is 36.4 Å². The molecule has 2 unspecified atom stereocenters. The molecular formula is C47H54N2O16S4. The van der Waals surface area contributed by atoms with E-state index in [0.717, 1.165) is 17.8 Å². The Balaban J connectivity index is 1.44. The van der Waals surface area contributed by atoms with Gasteiger partial charge in [-0.05, 0) is 105 Å². The number of ether oxygens (including phenoxy) is 2. The van der Waals surface area contributed by atoms with Gasteiger partial charge in [-0.15, -0.1) is 0 Å². The second-order valence-corrected chi connectivity index (χ2v) is 22.7. The van der Waals surface area contributed by atoms with Crippen molar-refractivity contribution < 1.29 is 75.8 Å². The van der Waals surface area contributed by atoms with E-state index in [9.17, 15) is 61.8 Å². The Bertz CT molecular complexity index is 3340. The molecule has 22 heteroatoms. The lowest BCUT2D eigenvalue weighted by molar-refractivity contribution is -0.438. The summed E-state index contributed by atoms with van der Waals surface area (Å²) in [5.41, 5.74) is 1.86. The van der Waals surface area contributed by atoms with E-state index in [1.165, 1.54) is 32.4 Å². The van der Waals surface area contributed by atoms with E-state index in [-0.39, 0.29) is 41.2 Å². The third-order valence-electron chi connectivity index (χ3n) is 12.8. The van der Waals surface area contributed by atoms with Gasteiger partial charge in [0.25, 0.3) is 30.4 Å². The van der Waals surface area contributed by atoms with Gasteiger partial charge in [0.2, 0.25) is 5.69 Å². The van der Waals surface area contributed by atoms with Gasteiger partial charge >= 0.3 is 5.97 Å². The van der Waals surface area contributed by atoms with Gasteiger partial charge in [-0.2, -0.15) is 29.8 Å². The fourth-order valence-electron chi connectivity index (χ4n) is 9.62. The molecule has 0 aliphatic carbocycles. The van der Waals surface area contributed by atoms with E-state index in [0.29, 0.717) is 79.5 Å². The molecule has 2 aliphatic heterocycles. The molecule has 0 aromatic heterocycles. The zero-order chi connectivity index (χ0) is 50.9. The van der Waals surface area contributed by atoms with Gasteiger partial charge < -0.3 is 24.0 Å². The van der Waals surface area contributed by atoms with Crippen LogP contribution >= 0.6 is 0 Å². The number of carboxylic acid groups (broad SMARTS) is 1. The fourth-order valence-corrected chi connectivity index (χ4v) is 12.3. The molecule has 0 fully saturated rings. The summed E-state index contributed by atoms with van der Waals surface area (Å²) >= 11 is 0. The number of benzene rings is 4. The Morgan fingerprint density at radius 1 is 0.696 bits per heavy atom. The number of carbonyl (C=O) groups is 1. The zero-order valence-corrected chi connectivity index (χ0v) is 41.7. The number of aliphatic carboxylic acids is 1. The Morgan fingerprint density at radius 2 is 1.25 bits per heavy atom. The first kappa shape index (κ1) is 53.2. The summed E-state index contributed by atoms with van der Waals surface area (Å²) < 4.78 is 156. The van der Waals surface area contributed by atoms with Gasteiger partial charge in [-0.25, -0.2) is 8.42 Å². The van der Waals surface area contributed by atoms with E-state index in [2.05, 4.69) is 0 Å². The highest BCUT2D eigenvalue weighted by atomic mass is 32.2. The standard InChI is InChI=1S/C47H54N2O16S4/c1-6-48-37-20-18-33-35(27-31(66(52,53)54)29-39(33)68(58,59)60)44(37)46(2,22-25-64-4)41(48)15-11-8-7-9-12-16-42-47(3,23-26-65-5)45-36-28-32(67(55,56)57)30-40(69(61,62)63)34(36)19-21-38(45)49(42)24-14-10-13-17-43(50)51/h7-9,11-12,15-16,18-21,27-30H,6,10,13-14,17,22-26H2,1-5H3,(H4-,50,51,52,53,54,55,56,57,58,59,60,61,62,63). The molecule has 0 saturated heterocycles. The first-order chi connectivity index (χ1) is 32.2. The topological polar surface area (TPSA) is 282 Å². The first-order valence-corrected chi connectivity index (χ1v) is 27.4. The summed E-state index contributed by atoms with van der Waals surface area (Å²) in [5, 5.41) is 9.57. The number of allylic oxidation sites excluding steroid dienone is 8. The molecule has 18 nitrogen and oxygen atoms in total. The van der Waals surface area contributed by atoms with Crippen molar-refractivity contribution in [1.82, 2.24) is 0 Å². The van der Waals surface area contributed by atoms with Gasteiger partial charge in [0, 0.05) is 92.1 Å². The number of carboxylic acids is 1. The molecule has 0 amide bonds. The summed E-state index contributed by atoms with van der Waals surface area (Å²) in [6, 6.07) is 9.96. The quantitative estimate of drug-likeness (QED) is 0.0281. The van der Waals surface area contributed by atoms with Gasteiger partial charge in [-0.3, -0.25) is 18.5 Å². The van der Waals surface area contributed by atoms with E-state index in [1.807, 2.05) is 42.4 Å². The molecule has 69 heavy (non-hydrogen) atoms. The second-order valence-electron chi connectivity index (χ2n) is 17.1. The number of nitrogens with zero attached hydrogens (tertiary/aromatic N) is 2. The normalized spacial score (nSPS) is 19.7. The van der Waals surface area contributed by atoms with E-state index in [1.54, 1.807) is 42.5 Å². The average Bonchev–Trinajstić information content (AvgIpc) is 3.65. The molecule has 2 atom stereocenters. The molecule has 4 aromatic rings. The van der Waals surface area contributed by atoms with Crippen molar-refractivity contribution in [3.63, 3.8) is 0 Å². The van der Waals surface area contributed by atoms with Crippen LogP contribution in [-0.2, 0) is 65.6 Å². The maximum absolute atomic E-state index is 12.6. The maximum atomic E-state index is 12.6. The number of unbranched alkanes of at least 4 members (excludes halogenated alkanes) is 2. The van der Waals surface area contributed by atoms with E-state index in [4.69, 9.17) is 9.47 Å². The van der Waals surface area contributed by atoms with Crippen LogP contribution in [0.4, 0.5) is 11.4 Å². The van der Waals surface area contributed by atoms with Crippen LogP contribution in [0.2, 0.25) is 0 Å². The fraction of sp³-hybridized carbons (Fsp3) is 0.362. The molecule has 372 valence electrons. The van der Waals surface area contributed by atoms with Crippen LogP contribution in [0.15, 0.2) is 116 Å². The third kappa shape index (κ3) is 10.8. The van der Waals surface area contributed by atoms with Crippen LogP contribution in [0.25, 0.3) is 21.5 Å². The SMILES string of the molecule is CCN1C(=CC=CC=CC=CC2=[N+](CCCCCC(=O)O)c3ccc4c(S(=O)(=O)[O-])cc(S(=O)(=O)O)cc4c3C2(C)CCOC)C(C)(CCOC)c2c1ccc1c(S(=O)(=O)O)cc(S(=O)(=O)O)cc21. The molecular weight excluding hydrogens is 977 g/mol. The maximum Gasteiger partial charge on any atom is 0.303 e. The molecule has 0 spiro atoms. The predicted octanol–water partition coefficient (Wildman–Crippen LogP) is 7.06. The average molecular weight is 1030 g/mol. The lowest BCUT2D eigenvalue weighted by Crippen LogP contribution is -2.33. The van der Waals surface area contributed by atoms with Crippen molar-refractivity contribution in [1.29, 1.82) is 0 Å². The van der Waals surface area contributed by atoms with Crippen LogP contribution in [0.3, 0.4) is 0 Å². The zero-order valence-electron chi connectivity index (χ0n) is 38.4. The molecule has 2 heterocycles. The largest absolute Gasteiger partial charge is 0.744 e. The minimum Gasteiger partial charge on any atom is -0.744 e. The van der Waals surface area contributed by atoms with Crippen molar-refractivity contribution in [2.24, 2.45) is 0 Å². The Kier molecular flexibility index (Phi) is 15.7. The number of likely N-dealkylation sites (N-methyl/N-ethyl adjacent to an activating group) is 1. The molecule has 2 aliphatic rings. The van der Waals surface area contributed by atoms with Crippen molar-refractivity contribution in [2.45, 2.75) is 89.7 Å². The monoisotopic (exact) mass is 1030 g/mol. The summed E-state index contributed by atoms with van der Waals surface area (Å²) in [5.74, 6) is -0.926. The third-order valence-corrected chi connectivity index (χ3v) is 16.2. The second kappa shape index (κ2) is 20.3. The van der Waals surface area contributed by atoms with E-state index >= 15 is 0 Å². The number of fused-ring (bicyclic) bond motifs is 6. The highest BCUT2D eigenvalue weighted by Crippen LogP contribution is 2.54. The smallest absolute Gasteiger partial charge is 0.303 e. The summed E-state index contributed by atoms with van der Waals surface area (Å²) in [4.78, 5) is 10.3. The molecule has 0 radical (unpaired) electrons. The number of anilines is 1. The Hall–Kier alpha value is -5.14. The van der Waals surface area contributed by atoms with Crippen molar-refractivity contribution in [3.8, 4) is 0 Å². The molecule has 4 N–H and O–H groups in total. The van der Waals surface area contributed by atoms with Crippen LogP contribution in [0.5, 0.6) is 0 Å². The van der Waals surface area contributed by atoms with Crippen molar-refractivity contribution in [3.05, 3.63) is 108 Å². The lowest BCUT2D eigenvalue weighted by atomic mass is 9.75. The highest BCUT2D eigenvalue weighted by Gasteiger charge is 2.49. The Morgan fingerprint density at radius 3 is 1.81 bits per heavy atom. The number of hydrogen-bond acceptors (Lipinski definition) is 13. The molecule has 0 saturated carbocycles. The van der Waals surface area contributed by atoms with Crippen LogP contribution in [0, 0.1) is 0 Å². The van der Waals surface area contributed by atoms with Crippen molar-refractivity contribution >= 4 is 85.1 Å². The van der Waals surface area contributed by atoms with Gasteiger partial charge in [0.15, 0.2) is 5.71 Å². The predicted molar refractivity (Wildman–Crippen MR) is 257 cm³/mol. The van der Waals surface area contributed by atoms with Crippen molar-refractivity contribution in [2.75, 3.05) is 45.4 Å². The molecule has 6 rings (SSSR count). The summed E-state index contributed by atoms with van der Waals surface area (Å²) in [6.45, 7) is 6.98. The minimum absolute atomic E-state index is 0.0222. The minimum atomic E-state index is -5.24. The number of hydrogen-bond donors (Lipinski definition) is 4. The van der Waals surface area contributed by atoms with E-state index < -0.39 is 76.9 Å². The van der Waals surface area contributed by atoms with Gasteiger partial charge in [0.1, 0.15) is 21.6 Å². The Labute approximate surface area is 401 Å². The van der Waals surface area contributed by atoms with Gasteiger partial charge in [0.05, 0.1) is 20.1 Å². The van der Waals surface area contributed by atoms with Crippen LogP contribution in [0.1, 0.15) is 70.4 Å². The number of methoxy groups -OCH3 is 2. The van der Waals surface area contributed by atoms with Crippen LogP contribution in [-0.4, -0.2) is 114 Å². The summed E-state index contributed by atoms with van der Waals surface area (Å²) in [7, 11) is -17.0. The summed E-state index contributed by atoms with van der Waals surface area (Å²) in [6.07, 6.45) is 14.7. The molecule has 4 aromatic carbocycles. The highest BCUT2D eigenvalue weighted by molar-refractivity contribution is 7.87. The molecule has 0 bridgehead atoms. The first-order valence-electron chi connectivity index (χ1n) is 21.7.